The number of methoxy groups -OCH3 is 1. The van der Waals surface area contributed by atoms with Crippen molar-refractivity contribution in [2.24, 2.45) is 5.92 Å². The quantitative estimate of drug-likeness (QED) is 0.829. The summed E-state index contributed by atoms with van der Waals surface area (Å²) in [5.74, 6) is 0.528. The number of carbonyl (C=O) groups is 1. The average molecular weight is 325 g/mol. The van der Waals surface area contributed by atoms with E-state index in [0.29, 0.717) is 24.3 Å². The Morgan fingerprint density at radius 2 is 2.23 bits per heavy atom. The van der Waals surface area contributed by atoms with Crippen molar-refractivity contribution < 1.29 is 14.3 Å². The van der Waals surface area contributed by atoms with E-state index in [9.17, 15) is 4.79 Å². The fraction of sp³-hybridized carbons (Fsp3) is 0.733. The second-order valence-electron chi connectivity index (χ2n) is 5.96. The lowest BCUT2D eigenvalue weighted by molar-refractivity contribution is 0.0119. The Balaban J connectivity index is 1.63. The van der Waals surface area contributed by atoms with Crippen molar-refractivity contribution in [1.29, 1.82) is 0 Å². The summed E-state index contributed by atoms with van der Waals surface area (Å²) in [6.45, 7) is 7.80. The van der Waals surface area contributed by atoms with Gasteiger partial charge < -0.3 is 14.4 Å². The van der Waals surface area contributed by atoms with Crippen LogP contribution in [0.2, 0.25) is 0 Å². The minimum Gasteiger partial charge on any atom is -0.379 e. The van der Waals surface area contributed by atoms with E-state index in [4.69, 9.17) is 9.47 Å². The molecular weight excluding hydrogens is 302 g/mol. The van der Waals surface area contributed by atoms with E-state index in [-0.39, 0.29) is 5.91 Å². The fourth-order valence-electron chi connectivity index (χ4n) is 3.26. The Morgan fingerprint density at radius 3 is 2.95 bits per heavy atom. The van der Waals surface area contributed by atoms with Gasteiger partial charge in [0.2, 0.25) is 0 Å². The summed E-state index contributed by atoms with van der Waals surface area (Å²) in [4.78, 5) is 21.4. The largest absolute Gasteiger partial charge is 0.379 e. The summed E-state index contributed by atoms with van der Waals surface area (Å²) in [6, 6.07) is 0.435. The monoisotopic (exact) mass is 325 g/mol. The lowest BCUT2D eigenvalue weighted by Crippen LogP contribution is -2.47. The molecular formula is C15H23N3O3S. The molecule has 2 saturated heterocycles. The van der Waals surface area contributed by atoms with Crippen LogP contribution in [0.4, 0.5) is 0 Å². The van der Waals surface area contributed by atoms with Gasteiger partial charge in [-0.1, -0.05) is 6.92 Å². The van der Waals surface area contributed by atoms with Crippen LogP contribution < -0.4 is 0 Å². The molecule has 0 aromatic carbocycles. The summed E-state index contributed by atoms with van der Waals surface area (Å²) in [7, 11) is 1.64. The molecule has 0 N–H and O–H groups in total. The van der Waals surface area contributed by atoms with Crippen LogP contribution in [0.25, 0.3) is 0 Å². The van der Waals surface area contributed by atoms with Gasteiger partial charge in [-0.3, -0.25) is 9.69 Å². The Bertz CT molecular complexity index is 516. The van der Waals surface area contributed by atoms with Gasteiger partial charge in [0.15, 0.2) is 0 Å². The number of aromatic nitrogens is 1. The van der Waals surface area contributed by atoms with Crippen LogP contribution in [-0.4, -0.2) is 73.2 Å². The molecule has 0 bridgehead atoms. The third kappa shape index (κ3) is 3.32. The van der Waals surface area contributed by atoms with E-state index in [2.05, 4.69) is 16.8 Å². The Morgan fingerprint density at radius 1 is 1.45 bits per heavy atom. The number of rotatable bonds is 4. The highest BCUT2D eigenvalue weighted by molar-refractivity contribution is 7.09. The number of hydrogen-bond acceptors (Lipinski definition) is 6. The van der Waals surface area contributed by atoms with Crippen molar-refractivity contribution in [3.05, 3.63) is 16.1 Å². The molecule has 2 aliphatic rings. The van der Waals surface area contributed by atoms with Crippen molar-refractivity contribution in [3.8, 4) is 0 Å². The zero-order chi connectivity index (χ0) is 15.5. The van der Waals surface area contributed by atoms with Gasteiger partial charge in [0.05, 0.1) is 19.8 Å². The molecule has 0 saturated carbocycles. The van der Waals surface area contributed by atoms with Crippen molar-refractivity contribution in [3.63, 3.8) is 0 Å². The molecule has 2 atom stereocenters. The highest BCUT2D eigenvalue weighted by Gasteiger charge is 2.37. The van der Waals surface area contributed by atoms with Crippen LogP contribution in [0.5, 0.6) is 0 Å². The molecule has 0 spiro atoms. The Labute approximate surface area is 135 Å². The third-order valence-corrected chi connectivity index (χ3v) is 5.24. The first-order valence-corrected chi connectivity index (χ1v) is 8.61. The van der Waals surface area contributed by atoms with Gasteiger partial charge in [-0.15, -0.1) is 11.3 Å². The zero-order valence-electron chi connectivity index (χ0n) is 13.2. The summed E-state index contributed by atoms with van der Waals surface area (Å²) in [6.07, 6.45) is 0. The van der Waals surface area contributed by atoms with E-state index < -0.39 is 0 Å². The molecule has 1 amide bonds. The molecule has 0 aliphatic carbocycles. The van der Waals surface area contributed by atoms with Crippen molar-refractivity contribution >= 4 is 17.2 Å². The molecule has 0 radical (unpaired) electrons. The summed E-state index contributed by atoms with van der Waals surface area (Å²) >= 11 is 1.48. The number of likely N-dealkylation sites (tertiary alicyclic amines) is 1. The smallest absolute Gasteiger partial charge is 0.273 e. The lowest BCUT2D eigenvalue weighted by atomic mass is 10.0. The molecule has 0 unspecified atom stereocenters. The van der Waals surface area contributed by atoms with Crippen LogP contribution >= 0.6 is 11.3 Å². The topological polar surface area (TPSA) is 54.9 Å². The first kappa shape index (κ1) is 15.9. The highest BCUT2D eigenvalue weighted by atomic mass is 32.1. The SMILES string of the molecule is COCc1nc(C(=O)N2C[C@@H](N3CCOCC3)[C@@H](C)C2)cs1. The van der Waals surface area contributed by atoms with Crippen LogP contribution in [0.15, 0.2) is 5.38 Å². The molecule has 2 aliphatic heterocycles. The van der Waals surface area contributed by atoms with Crippen LogP contribution in [0.3, 0.4) is 0 Å². The van der Waals surface area contributed by atoms with E-state index in [1.54, 1.807) is 7.11 Å². The normalized spacial score (nSPS) is 26.5. The number of amides is 1. The van der Waals surface area contributed by atoms with Gasteiger partial charge >= 0.3 is 0 Å². The molecule has 1 aromatic rings. The number of carbonyl (C=O) groups excluding carboxylic acids is 1. The standard InChI is InChI=1S/C15H23N3O3S/c1-11-7-18(8-13(11)17-3-5-21-6-4-17)15(19)12-10-22-14(16-12)9-20-2/h10-11,13H,3-9H2,1-2H3/t11-,13+/m0/s1. The molecule has 2 fully saturated rings. The summed E-state index contributed by atoms with van der Waals surface area (Å²) < 4.78 is 10.5. The lowest BCUT2D eigenvalue weighted by Gasteiger charge is -2.33. The van der Waals surface area contributed by atoms with E-state index >= 15 is 0 Å². The predicted octanol–water partition coefficient (Wildman–Crippen LogP) is 1.08. The van der Waals surface area contributed by atoms with E-state index in [1.807, 2.05) is 10.3 Å². The fourth-order valence-corrected chi connectivity index (χ4v) is 4.00. The molecule has 1 aromatic heterocycles. The van der Waals surface area contributed by atoms with Gasteiger partial charge in [-0.25, -0.2) is 4.98 Å². The molecule has 3 heterocycles. The second-order valence-corrected chi connectivity index (χ2v) is 6.91. The first-order chi connectivity index (χ1) is 10.7. The summed E-state index contributed by atoms with van der Waals surface area (Å²) in [5.41, 5.74) is 0.548. The van der Waals surface area contributed by atoms with E-state index in [1.165, 1.54) is 11.3 Å². The minimum atomic E-state index is 0.0428. The second kappa shape index (κ2) is 7.04. The van der Waals surface area contributed by atoms with Crippen LogP contribution in [0, 0.1) is 5.92 Å². The average Bonchev–Trinajstić information content (AvgIpc) is 3.15. The Hall–Kier alpha value is -1.02. The van der Waals surface area contributed by atoms with Gasteiger partial charge in [0.1, 0.15) is 10.7 Å². The highest BCUT2D eigenvalue weighted by Crippen LogP contribution is 2.24. The maximum absolute atomic E-state index is 12.6. The van der Waals surface area contributed by atoms with Crippen molar-refractivity contribution in [2.45, 2.75) is 19.6 Å². The van der Waals surface area contributed by atoms with Gasteiger partial charge in [-0.2, -0.15) is 0 Å². The third-order valence-electron chi connectivity index (χ3n) is 4.41. The molecule has 22 heavy (non-hydrogen) atoms. The Kier molecular flexibility index (Phi) is 5.07. The number of nitrogens with zero attached hydrogens (tertiary/aromatic N) is 3. The number of ether oxygens (including phenoxy) is 2. The van der Waals surface area contributed by atoms with Gasteiger partial charge in [0, 0.05) is 44.7 Å². The van der Waals surface area contributed by atoms with Gasteiger partial charge in [-0.05, 0) is 5.92 Å². The summed E-state index contributed by atoms with van der Waals surface area (Å²) in [5, 5.41) is 2.69. The molecule has 7 heteroatoms. The number of thiazole rings is 1. The van der Waals surface area contributed by atoms with E-state index in [0.717, 1.165) is 44.4 Å². The van der Waals surface area contributed by atoms with Crippen molar-refractivity contribution in [2.75, 3.05) is 46.5 Å². The van der Waals surface area contributed by atoms with Crippen molar-refractivity contribution in [1.82, 2.24) is 14.8 Å². The maximum atomic E-state index is 12.6. The van der Waals surface area contributed by atoms with Gasteiger partial charge in [0.25, 0.3) is 5.91 Å². The molecule has 3 rings (SSSR count). The maximum Gasteiger partial charge on any atom is 0.273 e. The minimum absolute atomic E-state index is 0.0428. The molecule has 6 nitrogen and oxygen atoms in total. The van der Waals surface area contributed by atoms with Crippen LogP contribution in [0.1, 0.15) is 22.4 Å². The number of hydrogen-bond donors (Lipinski definition) is 0. The first-order valence-electron chi connectivity index (χ1n) is 7.73. The van der Waals surface area contributed by atoms with Crippen LogP contribution in [-0.2, 0) is 16.1 Å². The predicted molar refractivity (Wildman–Crippen MR) is 84.1 cm³/mol. The zero-order valence-corrected chi connectivity index (χ0v) is 14.0. The number of morpholine rings is 1. The molecule has 122 valence electrons.